The van der Waals surface area contributed by atoms with Gasteiger partial charge in [-0.3, -0.25) is 4.98 Å². The number of H-pyrrole nitrogens is 1. The topological polar surface area (TPSA) is 91.3 Å². The van der Waals surface area contributed by atoms with Crippen molar-refractivity contribution in [3.05, 3.63) is 114 Å². The zero-order valence-corrected chi connectivity index (χ0v) is 33.0. The largest absolute Gasteiger partial charge is 0.494 e. The summed E-state index contributed by atoms with van der Waals surface area (Å²) in [6, 6.07) is 30.4. The van der Waals surface area contributed by atoms with Crippen molar-refractivity contribution < 1.29 is 14.9 Å². The molecule has 3 aromatic heterocycles. The third-order valence-corrected chi connectivity index (χ3v) is 11.8. The van der Waals surface area contributed by atoms with Crippen LogP contribution in [-0.4, -0.2) is 31.8 Å². The molecule has 0 saturated carbocycles. The van der Waals surface area contributed by atoms with Crippen LogP contribution in [0.5, 0.6) is 5.75 Å². The second kappa shape index (κ2) is 19.3. The maximum atomic E-state index is 11.5. The van der Waals surface area contributed by atoms with E-state index in [1.54, 1.807) is 17.4 Å². The van der Waals surface area contributed by atoms with Gasteiger partial charge in [-0.25, -0.2) is 4.98 Å². The highest BCUT2D eigenvalue weighted by atomic mass is 32.1. The number of hydrogen-bond donors (Lipinski definition) is 3. The normalized spacial score (nSPS) is 15.1. The van der Waals surface area contributed by atoms with Gasteiger partial charge in [0.15, 0.2) is 0 Å². The molecule has 5 heterocycles. The Morgan fingerprint density at radius 3 is 1.87 bits per heavy atom. The predicted octanol–water partition coefficient (Wildman–Crippen LogP) is 13.2. The summed E-state index contributed by atoms with van der Waals surface area (Å²) in [6.07, 6.45) is 20.5. The Balaban J connectivity index is 1.09. The number of unbranched alkanes of at least 4 members (excludes halogenated alkanes) is 13. The van der Waals surface area contributed by atoms with E-state index in [1.807, 2.05) is 66.7 Å². The van der Waals surface area contributed by atoms with Gasteiger partial charge in [0, 0.05) is 31.6 Å². The van der Waals surface area contributed by atoms with Gasteiger partial charge in [-0.1, -0.05) is 133 Å². The molecule has 286 valence electrons. The fourth-order valence-corrected chi connectivity index (χ4v) is 8.82. The summed E-state index contributed by atoms with van der Waals surface area (Å²) < 4.78 is 8.18. The lowest BCUT2D eigenvalue weighted by molar-refractivity contribution is 0.0257. The summed E-state index contributed by atoms with van der Waals surface area (Å²) in [5, 5.41) is 22.8. The molecular weight excluding hydrogens is 699 g/mol. The van der Waals surface area contributed by atoms with Crippen molar-refractivity contribution in [2.75, 3.05) is 6.61 Å². The third kappa shape index (κ3) is 10.0. The van der Waals surface area contributed by atoms with Crippen LogP contribution in [0.1, 0.15) is 132 Å². The number of nitrogens with zero attached hydrogens (tertiary/aromatic N) is 2. The summed E-state index contributed by atoms with van der Waals surface area (Å²) in [4.78, 5) is 13.3. The zero-order chi connectivity index (χ0) is 37.8. The summed E-state index contributed by atoms with van der Waals surface area (Å²) in [5.74, 6) is 0.825. The molecule has 0 radical (unpaired) electrons. The Bertz CT molecular complexity index is 2190. The van der Waals surface area contributed by atoms with Crippen LogP contribution >= 0.6 is 11.3 Å². The van der Waals surface area contributed by atoms with E-state index in [4.69, 9.17) is 14.7 Å². The number of hydrogen-bond acceptors (Lipinski definition) is 6. The molecule has 2 aromatic carbocycles. The van der Waals surface area contributed by atoms with Crippen molar-refractivity contribution in [1.82, 2.24) is 15.0 Å². The molecule has 0 fully saturated rings. The van der Waals surface area contributed by atoms with Crippen LogP contribution in [0.25, 0.3) is 54.8 Å². The number of ether oxygens (including phenoxy) is 1. The summed E-state index contributed by atoms with van der Waals surface area (Å²) in [7, 11) is 0. The van der Waals surface area contributed by atoms with Crippen molar-refractivity contribution >= 4 is 43.9 Å². The highest BCUT2D eigenvalue weighted by Gasteiger charge is 2.32. The number of benzene rings is 2. The fourth-order valence-electron chi connectivity index (χ4n) is 7.67. The summed E-state index contributed by atoms with van der Waals surface area (Å²) >= 11 is 1.64. The minimum absolute atomic E-state index is 0.413. The van der Waals surface area contributed by atoms with Gasteiger partial charge < -0.3 is 19.9 Å². The first-order valence-corrected chi connectivity index (χ1v) is 21.4. The maximum absolute atomic E-state index is 11.5. The molecule has 3 N–H and O–H groups in total. The Labute approximate surface area is 330 Å². The van der Waals surface area contributed by atoms with Crippen molar-refractivity contribution in [3.8, 4) is 28.0 Å². The van der Waals surface area contributed by atoms with E-state index in [-0.39, 0.29) is 0 Å². The minimum Gasteiger partial charge on any atom is -0.494 e. The molecule has 2 atom stereocenters. The van der Waals surface area contributed by atoms with Gasteiger partial charge in [-0.15, -0.1) is 11.3 Å². The van der Waals surface area contributed by atoms with Gasteiger partial charge in [0.05, 0.1) is 29.4 Å². The molecule has 0 saturated heterocycles. The van der Waals surface area contributed by atoms with Gasteiger partial charge in [0.1, 0.15) is 18.0 Å². The van der Waals surface area contributed by atoms with Crippen molar-refractivity contribution in [2.45, 2.75) is 109 Å². The molecule has 7 heteroatoms. The van der Waals surface area contributed by atoms with E-state index in [9.17, 15) is 10.2 Å². The Kier molecular flexibility index (Phi) is 13.6. The average molecular weight is 754 g/mol. The molecule has 8 bridgehead atoms. The third-order valence-electron chi connectivity index (χ3n) is 10.7. The fraction of sp³-hybridized carbons (Fsp3) is 0.375. The number of rotatable bonds is 18. The highest BCUT2D eigenvalue weighted by Crippen LogP contribution is 2.43. The summed E-state index contributed by atoms with van der Waals surface area (Å²) in [5.41, 5.74) is 8.08. The number of aliphatic hydroxyl groups is 2. The van der Waals surface area contributed by atoms with Crippen LogP contribution in [-0.2, 0) is 0 Å². The van der Waals surface area contributed by atoms with Crippen molar-refractivity contribution in [3.63, 3.8) is 0 Å². The molecule has 0 aliphatic carbocycles. The second-order valence-corrected chi connectivity index (χ2v) is 16.1. The number of nitrogens with one attached hydrogen (secondary N) is 1. The average Bonchev–Trinajstić information content (AvgIpc) is 4.02. The molecule has 5 aromatic rings. The summed E-state index contributed by atoms with van der Waals surface area (Å²) in [6.45, 7) is 2.98. The van der Waals surface area contributed by atoms with Gasteiger partial charge in [0.25, 0.3) is 0 Å². The first-order valence-electron chi connectivity index (χ1n) is 20.5. The van der Waals surface area contributed by atoms with Crippen LogP contribution in [0.2, 0.25) is 0 Å². The van der Waals surface area contributed by atoms with Crippen molar-refractivity contribution in [1.29, 1.82) is 0 Å². The van der Waals surface area contributed by atoms with Crippen LogP contribution in [0.3, 0.4) is 0 Å². The first-order chi connectivity index (χ1) is 27.1. The van der Waals surface area contributed by atoms with Crippen LogP contribution in [0, 0.1) is 0 Å². The molecule has 0 amide bonds. The molecule has 2 aliphatic rings. The second-order valence-electron chi connectivity index (χ2n) is 15.0. The number of thiophene rings is 1. The van der Waals surface area contributed by atoms with E-state index in [1.165, 1.54) is 83.5 Å². The van der Waals surface area contributed by atoms with Gasteiger partial charge in [-0.2, -0.15) is 0 Å². The van der Waals surface area contributed by atoms with Gasteiger partial charge >= 0.3 is 0 Å². The number of aromatic nitrogens is 3. The predicted molar refractivity (Wildman–Crippen MR) is 230 cm³/mol. The minimum atomic E-state index is -1.18. The zero-order valence-electron chi connectivity index (χ0n) is 32.2. The smallest absolute Gasteiger partial charge is 0.128 e. The highest BCUT2D eigenvalue weighted by molar-refractivity contribution is 7.24. The maximum Gasteiger partial charge on any atom is 0.128 e. The van der Waals surface area contributed by atoms with Gasteiger partial charge in [-0.05, 0) is 78.2 Å². The van der Waals surface area contributed by atoms with Crippen LogP contribution < -0.4 is 4.74 Å². The number of aliphatic hydroxyl groups excluding tert-OH is 2. The molecule has 55 heavy (non-hydrogen) atoms. The van der Waals surface area contributed by atoms with Crippen LogP contribution in [0.4, 0.5) is 0 Å². The van der Waals surface area contributed by atoms with Gasteiger partial charge in [0.2, 0.25) is 0 Å². The van der Waals surface area contributed by atoms with E-state index in [0.717, 1.165) is 66.2 Å². The standard InChI is InChI=1S/C48H55N3O3S/c1-2-3-4-5-6-7-8-9-10-11-12-13-14-18-31-54-39-26-21-35(22-27-39)45-43-30-29-42(55-43)44(34-19-16-15-17-20-34)40-28-25-37(50-40)32-36-23-24-38(49-36)33-41-47(52)48(53)46(45)51-41/h15-17,19-30,32-33,47-49,52-53H,2-14,18,31H2,1H3. The van der Waals surface area contributed by atoms with Crippen molar-refractivity contribution in [2.24, 2.45) is 0 Å². The quantitative estimate of drug-likeness (QED) is 0.0760. The Hall–Kier alpha value is -4.56. The molecule has 2 aliphatic heterocycles. The van der Waals surface area contributed by atoms with E-state index < -0.39 is 12.2 Å². The molecule has 2 unspecified atom stereocenters. The molecular formula is C48H55N3O3S. The van der Waals surface area contributed by atoms with E-state index in [2.05, 4.69) is 42.2 Å². The lowest BCUT2D eigenvalue weighted by Gasteiger charge is -2.12. The first kappa shape index (κ1) is 38.7. The SMILES string of the molecule is CCCCCCCCCCCCCCCCOc1ccc(-c2c3nc(cc4ccc(cc5nc(c(-c6ccccc6)c6ccc2s6)C=C5)[nH]4)C(O)C3O)cc1. The van der Waals surface area contributed by atoms with E-state index >= 15 is 0 Å². The Morgan fingerprint density at radius 2 is 1.20 bits per heavy atom. The lowest BCUT2D eigenvalue weighted by atomic mass is 10.0. The molecule has 0 spiro atoms. The molecule has 6 nitrogen and oxygen atoms in total. The Morgan fingerprint density at radius 1 is 0.600 bits per heavy atom. The van der Waals surface area contributed by atoms with E-state index in [0.29, 0.717) is 18.0 Å². The molecule has 7 rings (SSSR count). The monoisotopic (exact) mass is 753 g/mol. The lowest BCUT2D eigenvalue weighted by Crippen LogP contribution is -2.04. The number of aromatic amines is 1. The van der Waals surface area contributed by atoms with Crippen LogP contribution in [0.15, 0.2) is 91.0 Å². The number of fused-ring (bicyclic) bond motifs is 8.